The zero-order chi connectivity index (χ0) is 16.9. The number of halogens is 2. The molecule has 124 valence electrons. The summed E-state index contributed by atoms with van der Waals surface area (Å²) >= 11 is 0. The van der Waals surface area contributed by atoms with Crippen molar-refractivity contribution < 1.29 is 13.5 Å². The fourth-order valence-electron chi connectivity index (χ4n) is 2.29. The third-order valence-electron chi connectivity index (χ3n) is 3.43. The summed E-state index contributed by atoms with van der Waals surface area (Å²) in [6.07, 6.45) is 6.82. The van der Waals surface area contributed by atoms with Crippen LogP contribution in [0.2, 0.25) is 0 Å². The molecule has 0 bridgehead atoms. The molecule has 0 unspecified atom stereocenters. The fraction of sp³-hybridized carbons (Fsp3) is 0.176. The van der Waals surface area contributed by atoms with Gasteiger partial charge in [-0.1, -0.05) is 17.7 Å². The summed E-state index contributed by atoms with van der Waals surface area (Å²) in [4.78, 5) is 8.30. The minimum Gasteiger partial charge on any atom is -0.434 e. The van der Waals surface area contributed by atoms with Crippen molar-refractivity contribution in [2.45, 2.75) is 20.1 Å². The lowest BCUT2D eigenvalue weighted by molar-refractivity contribution is -0.0504. The number of pyridine rings is 1. The number of imidazole rings is 1. The van der Waals surface area contributed by atoms with Crippen molar-refractivity contribution in [3.8, 4) is 11.6 Å². The maximum atomic E-state index is 12.5. The first-order chi connectivity index (χ1) is 11.6. The van der Waals surface area contributed by atoms with Crippen LogP contribution in [0.5, 0.6) is 5.75 Å². The predicted octanol–water partition coefficient (Wildman–Crippen LogP) is 3.79. The van der Waals surface area contributed by atoms with E-state index in [0.717, 1.165) is 17.1 Å². The second kappa shape index (κ2) is 7.08. The Hall–Kier alpha value is -2.96. The Morgan fingerprint density at radius 1 is 1.25 bits per heavy atom. The highest BCUT2D eigenvalue weighted by molar-refractivity contribution is 5.46. The molecule has 0 amide bonds. The molecule has 5 nitrogen and oxygen atoms in total. The molecular formula is C17H16F2N4O. The highest BCUT2D eigenvalue weighted by atomic mass is 19.3. The van der Waals surface area contributed by atoms with Crippen LogP contribution < -0.4 is 10.1 Å². The number of aromatic nitrogens is 3. The Morgan fingerprint density at radius 2 is 2.12 bits per heavy atom. The van der Waals surface area contributed by atoms with Gasteiger partial charge >= 0.3 is 6.61 Å². The molecule has 1 aromatic carbocycles. The van der Waals surface area contributed by atoms with Crippen LogP contribution in [-0.4, -0.2) is 21.1 Å². The van der Waals surface area contributed by atoms with Gasteiger partial charge < -0.3 is 10.1 Å². The Morgan fingerprint density at radius 3 is 2.79 bits per heavy atom. The van der Waals surface area contributed by atoms with Crippen molar-refractivity contribution >= 4 is 5.69 Å². The molecule has 2 heterocycles. The van der Waals surface area contributed by atoms with Crippen molar-refractivity contribution in [1.82, 2.24) is 14.5 Å². The average molecular weight is 330 g/mol. The summed E-state index contributed by atoms with van der Waals surface area (Å²) in [7, 11) is 0. The summed E-state index contributed by atoms with van der Waals surface area (Å²) in [5.41, 5.74) is 2.42. The maximum Gasteiger partial charge on any atom is 0.387 e. The molecule has 2 aromatic heterocycles. The van der Waals surface area contributed by atoms with Crippen LogP contribution in [0.3, 0.4) is 0 Å². The second-order valence-electron chi connectivity index (χ2n) is 5.22. The Bertz CT molecular complexity index is 789. The van der Waals surface area contributed by atoms with Gasteiger partial charge in [0.25, 0.3) is 0 Å². The molecule has 0 fully saturated rings. The molecule has 0 aliphatic carbocycles. The van der Waals surface area contributed by atoms with Gasteiger partial charge in [-0.05, 0) is 25.1 Å². The first kappa shape index (κ1) is 15.9. The highest BCUT2D eigenvalue weighted by Gasteiger charge is 2.10. The lowest BCUT2D eigenvalue weighted by Gasteiger charge is -2.13. The van der Waals surface area contributed by atoms with Crippen LogP contribution in [0.25, 0.3) is 5.82 Å². The van der Waals surface area contributed by atoms with Gasteiger partial charge in [0.1, 0.15) is 17.9 Å². The van der Waals surface area contributed by atoms with E-state index in [1.54, 1.807) is 41.6 Å². The normalized spacial score (nSPS) is 10.8. The van der Waals surface area contributed by atoms with Gasteiger partial charge in [-0.3, -0.25) is 4.57 Å². The van der Waals surface area contributed by atoms with Crippen molar-refractivity contribution in [2.24, 2.45) is 0 Å². The van der Waals surface area contributed by atoms with E-state index in [2.05, 4.69) is 20.0 Å². The van der Waals surface area contributed by atoms with Crippen LogP contribution in [-0.2, 0) is 6.54 Å². The van der Waals surface area contributed by atoms with Crippen molar-refractivity contribution in [1.29, 1.82) is 0 Å². The van der Waals surface area contributed by atoms with Gasteiger partial charge in [0, 0.05) is 24.5 Å². The smallest absolute Gasteiger partial charge is 0.387 e. The van der Waals surface area contributed by atoms with Crippen LogP contribution in [0.15, 0.2) is 55.2 Å². The van der Waals surface area contributed by atoms with Crippen LogP contribution in [0.4, 0.5) is 14.5 Å². The molecule has 0 aliphatic heterocycles. The van der Waals surface area contributed by atoms with Crippen molar-refractivity contribution in [3.63, 3.8) is 0 Å². The number of aryl methyl sites for hydroxylation is 1. The van der Waals surface area contributed by atoms with Crippen molar-refractivity contribution in [2.75, 3.05) is 5.32 Å². The number of alkyl halides is 2. The summed E-state index contributed by atoms with van der Waals surface area (Å²) in [6, 6.07) is 8.82. The van der Waals surface area contributed by atoms with Gasteiger partial charge in [0.2, 0.25) is 0 Å². The molecule has 24 heavy (non-hydrogen) atoms. The summed E-state index contributed by atoms with van der Waals surface area (Å²) in [5, 5.41) is 3.16. The summed E-state index contributed by atoms with van der Waals surface area (Å²) < 4.78 is 31.3. The largest absolute Gasteiger partial charge is 0.434 e. The van der Waals surface area contributed by atoms with E-state index in [1.165, 1.54) is 0 Å². The van der Waals surface area contributed by atoms with E-state index < -0.39 is 6.61 Å². The number of hydrogen-bond donors (Lipinski definition) is 1. The van der Waals surface area contributed by atoms with E-state index in [1.807, 2.05) is 25.1 Å². The Balaban J connectivity index is 1.70. The average Bonchev–Trinajstić information content (AvgIpc) is 3.10. The minimum atomic E-state index is -2.84. The lowest BCUT2D eigenvalue weighted by atomic mass is 10.1. The predicted molar refractivity (Wildman–Crippen MR) is 86.5 cm³/mol. The van der Waals surface area contributed by atoms with E-state index in [-0.39, 0.29) is 5.75 Å². The zero-order valence-corrected chi connectivity index (χ0v) is 13.0. The molecule has 1 N–H and O–H groups in total. The lowest BCUT2D eigenvalue weighted by Crippen LogP contribution is -2.08. The molecule has 0 atom stereocenters. The van der Waals surface area contributed by atoms with E-state index >= 15 is 0 Å². The number of anilines is 1. The SMILES string of the molecule is Cc1ccc(OC(F)F)c(CNc2ccc(-n3ccnc3)nc2)c1. The number of nitrogens with one attached hydrogen (secondary N) is 1. The number of hydrogen-bond acceptors (Lipinski definition) is 4. The third kappa shape index (κ3) is 3.87. The standard InChI is InChI=1S/C17H16F2N4O/c1-12-2-4-15(24-17(18)19)13(8-12)9-21-14-3-5-16(22-10-14)23-7-6-20-11-23/h2-8,10-11,17,21H,9H2,1H3. The van der Waals surface area contributed by atoms with Crippen LogP contribution in [0.1, 0.15) is 11.1 Å². The molecule has 0 aliphatic rings. The zero-order valence-electron chi connectivity index (χ0n) is 13.0. The first-order valence-electron chi connectivity index (χ1n) is 7.34. The molecule has 0 radical (unpaired) electrons. The quantitative estimate of drug-likeness (QED) is 0.747. The number of rotatable bonds is 6. The number of ether oxygens (including phenoxy) is 1. The molecule has 7 heteroatoms. The van der Waals surface area contributed by atoms with Crippen LogP contribution >= 0.6 is 0 Å². The van der Waals surface area contributed by atoms with Gasteiger partial charge in [0.15, 0.2) is 0 Å². The molecule has 3 rings (SSSR count). The molecular weight excluding hydrogens is 314 g/mol. The summed E-state index contributed by atoms with van der Waals surface area (Å²) in [5.74, 6) is 0.918. The van der Waals surface area contributed by atoms with E-state index in [9.17, 15) is 8.78 Å². The van der Waals surface area contributed by atoms with Crippen molar-refractivity contribution in [3.05, 3.63) is 66.4 Å². The summed E-state index contributed by atoms with van der Waals surface area (Å²) in [6.45, 7) is -0.588. The number of benzene rings is 1. The van der Waals surface area contributed by atoms with Gasteiger partial charge in [0.05, 0.1) is 11.9 Å². The van der Waals surface area contributed by atoms with Crippen LogP contribution in [0, 0.1) is 6.92 Å². The monoisotopic (exact) mass is 330 g/mol. The van der Waals surface area contributed by atoms with Gasteiger partial charge in [-0.15, -0.1) is 0 Å². The minimum absolute atomic E-state index is 0.172. The topological polar surface area (TPSA) is 52.0 Å². The van der Waals surface area contributed by atoms with Gasteiger partial charge in [-0.2, -0.15) is 8.78 Å². The molecule has 0 saturated heterocycles. The molecule has 0 spiro atoms. The molecule has 0 saturated carbocycles. The van der Waals surface area contributed by atoms with Gasteiger partial charge in [-0.25, -0.2) is 9.97 Å². The fourth-order valence-corrected chi connectivity index (χ4v) is 2.29. The van der Waals surface area contributed by atoms with E-state index in [4.69, 9.17) is 0 Å². The highest BCUT2D eigenvalue weighted by Crippen LogP contribution is 2.23. The Kier molecular flexibility index (Phi) is 4.69. The number of nitrogens with zero attached hydrogens (tertiary/aromatic N) is 3. The third-order valence-corrected chi connectivity index (χ3v) is 3.43. The first-order valence-corrected chi connectivity index (χ1v) is 7.34. The maximum absolute atomic E-state index is 12.5. The Labute approximate surface area is 137 Å². The molecule has 3 aromatic rings. The second-order valence-corrected chi connectivity index (χ2v) is 5.22. The van der Waals surface area contributed by atoms with E-state index in [0.29, 0.717) is 12.1 Å².